The summed E-state index contributed by atoms with van der Waals surface area (Å²) >= 11 is 0. The van der Waals surface area contributed by atoms with Crippen LogP contribution in [0.15, 0.2) is 54.7 Å². The van der Waals surface area contributed by atoms with Crippen molar-refractivity contribution in [3.63, 3.8) is 0 Å². The average molecular weight is 280 g/mol. The van der Waals surface area contributed by atoms with E-state index in [-0.39, 0.29) is 6.10 Å². The van der Waals surface area contributed by atoms with Crippen LogP contribution in [-0.4, -0.2) is 29.1 Å². The quantitative estimate of drug-likeness (QED) is 0.675. The summed E-state index contributed by atoms with van der Waals surface area (Å²) in [6.07, 6.45) is 2.34. The minimum atomic E-state index is 0.279. The standard InChI is InChI=1S/C17H16N2O2/c1-2-4-13(5-3-1)9-19-10-14-8-15(6-7-17(14)18-19)20-11-16-12-21-16/h1-8,10,16H,9,11-12H2. The first-order valence-corrected chi connectivity index (χ1v) is 7.12. The lowest BCUT2D eigenvalue weighted by Gasteiger charge is -2.02. The van der Waals surface area contributed by atoms with Gasteiger partial charge < -0.3 is 9.47 Å². The zero-order chi connectivity index (χ0) is 14.1. The molecule has 1 fully saturated rings. The highest BCUT2D eigenvalue weighted by atomic mass is 16.6. The fourth-order valence-electron chi connectivity index (χ4n) is 2.35. The molecule has 3 aromatic rings. The number of hydrogen-bond donors (Lipinski definition) is 0. The van der Waals surface area contributed by atoms with Crippen molar-refractivity contribution in [2.75, 3.05) is 13.2 Å². The normalized spacial score (nSPS) is 17.0. The average Bonchev–Trinajstić information content (AvgIpc) is 3.25. The Morgan fingerprint density at radius 2 is 2.05 bits per heavy atom. The van der Waals surface area contributed by atoms with Crippen molar-refractivity contribution >= 4 is 10.9 Å². The monoisotopic (exact) mass is 280 g/mol. The van der Waals surface area contributed by atoms with E-state index in [1.165, 1.54) is 5.56 Å². The van der Waals surface area contributed by atoms with E-state index in [2.05, 4.69) is 23.4 Å². The highest BCUT2D eigenvalue weighted by molar-refractivity contribution is 5.79. The lowest BCUT2D eigenvalue weighted by atomic mass is 10.2. The van der Waals surface area contributed by atoms with Crippen LogP contribution < -0.4 is 4.74 Å². The van der Waals surface area contributed by atoms with E-state index in [9.17, 15) is 0 Å². The zero-order valence-electron chi connectivity index (χ0n) is 11.6. The van der Waals surface area contributed by atoms with Gasteiger partial charge in [-0.2, -0.15) is 5.10 Å². The van der Waals surface area contributed by atoms with Crippen molar-refractivity contribution in [1.82, 2.24) is 9.78 Å². The number of nitrogens with zero attached hydrogens (tertiary/aromatic N) is 2. The van der Waals surface area contributed by atoms with Crippen molar-refractivity contribution in [2.24, 2.45) is 0 Å². The Balaban J connectivity index is 1.54. The van der Waals surface area contributed by atoms with E-state index in [1.807, 2.05) is 41.1 Å². The van der Waals surface area contributed by atoms with E-state index in [0.717, 1.165) is 29.8 Å². The van der Waals surface area contributed by atoms with E-state index in [0.29, 0.717) is 6.61 Å². The molecule has 2 heterocycles. The molecular weight excluding hydrogens is 264 g/mol. The van der Waals surface area contributed by atoms with E-state index in [1.54, 1.807) is 0 Å². The maximum atomic E-state index is 5.70. The second-order valence-corrected chi connectivity index (χ2v) is 5.30. The molecule has 0 saturated carbocycles. The molecule has 0 N–H and O–H groups in total. The van der Waals surface area contributed by atoms with Crippen LogP contribution in [0.2, 0.25) is 0 Å². The van der Waals surface area contributed by atoms with Gasteiger partial charge in [0.2, 0.25) is 0 Å². The maximum absolute atomic E-state index is 5.70. The van der Waals surface area contributed by atoms with Gasteiger partial charge in [-0.15, -0.1) is 0 Å². The van der Waals surface area contributed by atoms with Gasteiger partial charge in [0.05, 0.1) is 18.7 Å². The van der Waals surface area contributed by atoms with Crippen molar-refractivity contribution < 1.29 is 9.47 Å². The zero-order valence-corrected chi connectivity index (χ0v) is 11.6. The molecule has 0 amide bonds. The van der Waals surface area contributed by atoms with Crippen LogP contribution in [0.3, 0.4) is 0 Å². The van der Waals surface area contributed by atoms with Gasteiger partial charge >= 0.3 is 0 Å². The van der Waals surface area contributed by atoms with Gasteiger partial charge in [-0.05, 0) is 23.8 Å². The smallest absolute Gasteiger partial charge is 0.120 e. The Labute approximate surface area is 122 Å². The van der Waals surface area contributed by atoms with Crippen LogP contribution in [0.25, 0.3) is 10.9 Å². The third-order valence-electron chi connectivity index (χ3n) is 3.55. The molecule has 0 aliphatic carbocycles. The molecule has 1 unspecified atom stereocenters. The van der Waals surface area contributed by atoms with Crippen LogP contribution in [0.4, 0.5) is 0 Å². The molecule has 21 heavy (non-hydrogen) atoms. The van der Waals surface area contributed by atoms with Gasteiger partial charge in [0, 0.05) is 11.6 Å². The number of ether oxygens (including phenoxy) is 2. The number of rotatable bonds is 5. The predicted molar refractivity (Wildman–Crippen MR) is 80.5 cm³/mol. The molecule has 4 rings (SSSR count). The predicted octanol–water partition coefficient (Wildman–Crippen LogP) is 2.86. The van der Waals surface area contributed by atoms with Crippen LogP contribution in [0, 0.1) is 0 Å². The molecule has 1 aromatic heterocycles. The van der Waals surface area contributed by atoms with Gasteiger partial charge in [-0.3, -0.25) is 4.68 Å². The first-order chi connectivity index (χ1) is 10.4. The summed E-state index contributed by atoms with van der Waals surface area (Å²) < 4.78 is 12.8. The first-order valence-electron chi connectivity index (χ1n) is 7.12. The molecule has 1 saturated heterocycles. The summed E-state index contributed by atoms with van der Waals surface area (Å²) in [7, 11) is 0. The minimum Gasteiger partial charge on any atom is -0.491 e. The lowest BCUT2D eigenvalue weighted by Crippen LogP contribution is -2.03. The van der Waals surface area contributed by atoms with Gasteiger partial charge in [-0.25, -0.2) is 0 Å². The maximum Gasteiger partial charge on any atom is 0.120 e. The molecule has 0 bridgehead atoms. The first kappa shape index (κ1) is 12.4. The van der Waals surface area contributed by atoms with Gasteiger partial charge in [0.15, 0.2) is 0 Å². The van der Waals surface area contributed by atoms with Crippen molar-refractivity contribution in [3.05, 3.63) is 60.3 Å². The Kier molecular flexibility index (Phi) is 3.09. The summed E-state index contributed by atoms with van der Waals surface area (Å²) in [6.45, 7) is 2.22. The SMILES string of the molecule is c1ccc(Cn2cc3cc(OCC4CO4)ccc3n2)cc1. The number of aromatic nitrogens is 2. The fourth-order valence-corrected chi connectivity index (χ4v) is 2.35. The van der Waals surface area contributed by atoms with Crippen LogP contribution >= 0.6 is 0 Å². The molecule has 2 aromatic carbocycles. The van der Waals surface area contributed by atoms with E-state index >= 15 is 0 Å². The highest BCUT2D eigenvalue weighted by Gasteiger charge is 2.23. The summed E-state index contributed by atoms with van der Waals surface area (Å²) in [5.41, 5.74) is 2.23. The summed E-state index contributed by atoms with van der Waals surface area (Å²) in [5, 5.41) is 5.69. The molecule has 0 spiro atoms. The number of epoxide rings is 1. The third kappa shape index (κ3) is 2.90. The Bertz CT molecular complexity index is 748. The topological polar surface area (TPSA) is 39.6 Å². The second kappa shape index (κ2) is 5.22. The van der Waals surface area contributed by atoms with Crippen LogP contribution in [0.1, 0.15) is 5.56 Å². The minimum absolute atomic E-state index is 0.279. The van der Waals surface area contributed by atoms with Crippen LogP contribution in [0.5, 0.6) is 5.75 Å². The summed E-state index contributed by atoms with van der Waals surface area (Å²) in [4.78, 5) is 0. The van der Waals surface area contributed by atoms with Crippen LogP contribution in [-0.2, 0) is 11.3 Å². The molecule has 1 aliphatic rings. The van der Waals surface area contributed by atoms with Gasteiger partial charge in [0.25, 0.3) is 0 Å². The number of benzene rings is 2. The molecule has 1 aliphatic heterocycles. The van der Waals surface area contributed by atoms with Crippen molar-refractivity contribution in [1.29, 1.82) is 0 Å². The summed E-state index contributed by atoms with van der Waals surface area (Å²) in [6, 6.07) is 16.3. The Morgan fingerprint density at radius 1 is 1.19 bits per heavy atom. The fraction of sp³-hybridized carbons (Fsp3) is 0.235. The van der Waals surface area contributed by atoms with E-state index in [4.69, 9.17) is 9.47 Å². The number of fused-ring (bicyclic) bond motifs is 1. The largest absolute Gasteiger partial charge is 0.491 e. The molecule has 4 nitrogen and oxygen atoms in total. The van der Waals surface area contributed by atoms with Crippen molar-refractivity contribution in [2.45, 2.75) is 12.6 Å². The molecular formula is C17H16N2O2. The van der Waals surface area contributed by atoms with Gasteiger partial charge in [0.1, 0.15) is 18.5 Å². The van der Waals surface area contributed by atoms with Gasteiger partial charge in [-0.1, -0.05) is 30.3 Å². The lowest BCUT2D eigenvalue weighted by molar-refractivity contribution is 0.263. The Morgan fingerprint density at radius 3 is 2.86 bits per heavy atom. The van der Waals surface area contributed by atoms with E-state index < -0.39 is 0 Å². The second-order valence-electron chi connectivity index (χ2n) is 5.30. The van der Waals surface area contributed by atoms with Crippen molar-refractivity contribution in [3.8, 4) is 5.75 Å². The Hall–Kier alpha value is -2.33. The summed E-state index contributed by atoms with van der Waals surface area (Å²) in [5.74, 6) is 0.872. The molecule has 106 valence electrons. The molecule has 1 atom stereocenters. The molecule has 4 heteroatoms. The molecule has 0 radical (unpaired) electrons. The third-order valence-corrected chi connectivity index (χ3v) is 3.55. The number of hydrogen-bond acceptors (Lipinski definition) is 3. The highest BCUT2D eigenvalue weighted by Crippen LogP contribution is 2.21.